The van der Waals surface area contributed by atoms with Gasteiger partial charge in [-0.05, 0) is 38.1 Å². The number of hydrogen-bond donors (Lipinski definition) is 0. The number of rotatable bonds is 7. The van der Waals surface area contributed by atoms with Crippen molar-refractivity contribution in [3.05, 3.63) is 58.6 Å². The van der Waals surface area contributed by atoms with Gasteiger partial charge in [-0.1, -0.05) is 29.0 Å². The lowest BCUT2D eigenvalue weighted by molar-refractivity contribution is 0.395. The summed E-state index contributed by atoms with van der Waals surface area (Å²) in [5.74, 6) is 2.66. The zero-order valence-electron chi connectivity index (χ0n) is 17.1. The highest BCUT2D eigenvalue weighted by molar-refractivity contribution is 7.98. The second kappa shape index (κ2) is 8.89. The van der Waals surface area contributed by atoms with Crippen molar-refractivity contribution < 1.29 is 13.9 Å². The van der Waals surface area contributed by atoms with Crippen molar-refractivity contribution in [2.75, 3.05) is 14.2 Å². The van der Waals surface area contributed by atoms with Crippen LogP contribution in [0.1, 0.15) is 16.8 Å². The van der Waals surface area contributed by atoms with E-state index in [9.17, 15) is 0 Å². The van der Waals surface area contributed by atoms with E-state index >= 15 is 0 Å². The van der Waals surface area contributed by atoms with Crippen LogP contribution in [0.4, 0.5) is 0 Å². The Morgan fingerprint density at radius 2 is 1.80 bits per heavy atom. The number of aromatic nitrogens is 3. The second-order valence-corrected chi connectivity index (χ2v) is 8.53. The van der Waals surface area contributed by atoms with Gasteiger partial charge >= 0.3 is 0 Å². The fourth-order valence-corrected chi connectivity index (χ4v) is 4.70. The van der Waals surface area contributed by atoms with Crippen LogP contribution in [0.2, 0.25) is 0 Å². The van der Waals surface area contributed by atoms with Crippen LogP contribution in [0, 0.1) is 13.8 Å². The van der Waals surface area contributed by atoms with Gasteiger partial charge in [-0.15, -0.1) is 21.5 Å². The van der Waals surface area contributed by atoms with Crippen LogP contribution in [-0.4, -0.2) is 29.4 Å². The molecule has 0 saturated heterocycles. The van der Waals surface area contributed by atoms with E-state index < -0.39 is 0 Å². The third kappa shape index (κ3) is 4.49. The third-order valence-corrected chi connectivity index (χ3v) is 6.19. The molecule has 0 N–H and O–H groups in total. The van der Waals surface area contributed by atoms with Gasteiger partial charge in [-0.2, -0.15) is 0 Å². The van der Waals surface area contributed by atoms with E-state index in [2.05, 4.69) is 30.1 Å². The molecule has 0 aliphatic rings. The average molecular weight is 440 g/mol. The maximum atomic E-state index is 5.84. The number of thioether (sulfide) groups is 1. The highest BCUT2D eigenvalue weighted by Gasteiger charge is 2.14. The molecule has 2 heterocycles. The third-order valence-electron chi connectivity index (χ3n) is 4.41. The van der Waals surface area contributed by atoms with Crippen LogP contribution >= 0.6 is 23.1 Å². The van der Waals surface area contributed by atoms with Gasteiger partial charge in [0.2, 0.25) is 5.89 Å². The zero-order valence-corrected chi connectivity index (χ0v) is 18.8. The summed E-state index contributed by atoms with van der Waals surface area (Å²) < 4.78 is 16.6. The lowest BCUT2D eigenvalue weighted by Crippen LogP contribution is -1.90. The minimum atomic E-state index is 0.528. The molecule has 2 aromatic heterocycles. The summed E-state index contributed by atoms with van der Waals surface area (Å²) in [5.41, 5.74) is 5.16. The molecular weight excluding hydrogens is 418 g/mol. The van der Waals surface area contributed by atoms with E-state index in [-0.39, 0.29) is 0 Å². The first-order valence-electron chi connectivity index (χ1n) is 9.27. The molecule has 0 saturated carbocycles. The van der Waals surface area contributed by atoms with Gasteiger partial charge in [0.25, 0.3) is 5.22 Å². The van der Waals surface area contributed by atoms with E-state index in [1.54, 1.807) is 25.6 Å². The minimum absolute atomic E-state index is 0.528. The smallest absolute Gasteiger partial charge is 0.277 e. The molecule has 6 nitrogen and oxygen atoms in total. The fourth-order valence-electron chi connectivity index (χ4n) is 3.09. The summed E-state index contributed by atoms with van der Waals surface area (Å²) in [6.07, 6.45) is 0. The van der Waals surface area contributed by atoms with E-state index in [0.29, 0.717) is 16.9 Å². The van der Waals surface area contributed by atoms with Gasteiger partial charge in [0, 0.05) is 22.8 Å². The van der Waals surface area contributed by atoms with Gasteiger partial charge in [-0.25, -0.2) is 4.98 Å². The van der Waals surface area contributed by atoms with Crippen LogP contribution in [0.5, 0.6) is 11.5 Å². The molecule has 2 aromatic carbocycles. The summed E-state index contributed by atoms with van der Waals surface area (Å²) >= 11 is 3.05. The Morgan fingerprint density at radius 3 is 2.53 bits per heavy atom. The van der Waals surface area contributed by atoms with Gasteiger partial charge in [0.1, 0.15) is 16.5 Å². The van der Waals surface area contributed by atoms with Crippen LogP contribution in [0.25, 0.3) is 22.0 Å². The van der Waals surface area contributed by atoms with Crippen molar-refractivity contribution in [3.63, 3.8) is 0 Å². The highest BCUT2D eigenvalue weighted by atomic mass is 32.2. The van der Waals surface area contributed by atoms with Crippen molar-refractivity contribution in [1.82, 2.24) is 15.2 Å². The molecular formula is C22H21N3O3S2. The fraction of sp³-hybridized carbons (Fsp3) is 0.227. The van der Waals surface area contributed by atoms with E-state index in [1.807, 2.05) is 35.7 Å². The highest BCUT2D eigenvalue weighted by Crippen LogP contribution is 2.36. The molecule has 0 radical (unpaired) electrons. The molecule has 8 heteroatoms. The minimum Gasteiger partial charge on any atom is -0.497 e. The number of aryl methyl sites for hydroxylation is 2. The molecule has 0 unspecified atom stereocenters. The molecule has 30 heavy (non-hydrogen) atoms. The Balaban J connectivity index is 1.46. The number of thiazole rings is 1. The molecule has 0 bridgehead atoms. The Morgan fingerprint density at radius 1 is 1.00 bits per heavy atom. The van der Waals surface area contributed by atoms with Crippen molar-refractivity contribution in [3.8, 4) is 33.5 Å². The molecule has 0 amide bonds. The monoisotopic (exact) mass is 439 g/mol. The predicted octanol–water partition coefficient (Wildman–Crippen LogP) is 5.79. The second-order valence-electron chi connectivity index (χ2n) is 6.75. The lowest BCUT2D eigenvalue weighted by atomic mass is 10.1. The van der Waals surface area contributed by atoms with Gasteiger partial charge in [0.15, 0.2) is 0 Å². The quantitative estimate of drug-likeness (QED) is 0.338. The van der Waals surface area contributed by atoms with E-state index in [1.165, 1.54) is 22.9 Å². The Bertz CT molecular complexity index is 1150. The maximum Gasteiger partial charge on any atom is 0.277 e. The summed E-state index contributed by atoms with van der Waals surface area (Å²) in [4.78, 5) is 4.73. The van der Waals surface area contributed by atoms with Crippen LogP contribution in [0.15, 0.2) is 51.4 Å². The number of benzene rings is 2. The normalized spacial score (nSPS) is 10.9. The van der Waals surface area contributed by atoms with Gasteiger partial charge < -0.3 is 13.9 Å². The van der Waals surface area contributed by atoms with Crippen LogP contribution in [0.3, 0.4) is 0 Å². The molecule has 4 aromatic rings. The summed E-state index contributed by atoms with van der Waals surface area (Å²) in [7, 11) is 3.28. The standard InChI is InChI=1S/C22H21N3O3S2/c1-13-7-14(2)9-15(8-13)20-24-25-22(28-20)30-12-16-11-29-21(23-16)18-6-5-17(26-3)10-19(18)27-4/h5-11H,12H2,1-4H3. The first-order valence-corrected chi connectivity index (χ1v) is 11.1. The van der Waals surface area contributed by atoms with Gasteiger partial charge in [0.05, 0.1) is 25.5 Å². The molecule has 154 valence electrons. The largest absolute Gasteiger partial charge is 0.497 e. The summed E-state index contributed by atoms with van der Waals surface area (Å²) in [6.45, 7) is 4.11. The van der Waals surface area contributed by atoms with Crippen molar-refractivity contribution >= 4 is 23.1 Å². The molecule has 0 aliphatic carbocycles. The Hall–Kier alpha value is -2.84. The van der Waals surface area contributed by atoms with Crippen LogP contribution < -0.4 is 9.47 Å². The number of ether oxygens (including phenoxy) is 2. The zero-order chi connectivity index (χ0) is 21.1. The molecule has 0 spiro atoms. The van der Waals surface area contributed by atoms with Gasteiger partial charge in [-0.3, -0.25) is 0 Å². The number of nitrogens with zero attached hydrogens (tertiary/aromatic N) is 3. The Labute approximate surface area is 183 Å². The molecule has 4 rings (SSSR count). The number of hydrogen-bond acceptors (Lipinski definition) is 8. The number of methoxy groups -OCH3 is 2. The lowest BCUT2D eigenvalue weighted by Gasteiger charge is -2.08. The topological polar surface area (TPSA) is 70.3 Å². The van der Waals surface area contributed by atoms with Crippen molar-refractivity contribution in [2.24, 2.45) is 0 Å². The van der Waals surface area contributed by atoms with E-state index in [4.69, 9.17) is 18.9 Å². The maximum absolute atomic E-state index is 5.84. The van der Waals surface area contributed by atoms with Crippen molar-refractivity contribution in [1.29, 1.82) is 0 Å². The van der Waals surface area contributed by atoms with E-state index in [0.717, 1.165) is 33.3 Å². The first kappa shape index (κ1) is 20.4. The molecule has 0 atom stereocenters. The summed E-state index contributed by atoms with van der Waals surface area (Å²) in [6, 6.07) is 11.9. The average Bonchev–Trinajstić information content (AvgIpc) is 3.40. The SMILES string of the molecule is COc1ccc(-c2nc(CSc3nnc(-c4cc(C)cc(C)c4)o3)cs2)c(OC)c1. The molecule has 0 aliphatic heterocycles. The first-order chi connectivity index (χ1) is 14.6. The van der Waals surface area contributed by atoms with Crippen molar-refractivity contribution in [2.45, 2.75) is 24.8 Å². The molecule has 0 fully saturated rings. The van der Waals surface area contributed by atoms with Crippen LogP contribution in [-0.2, 0) is 5.75 Å². The predicted molar refractivity (Wildman–Crippen MR) is 119 cm³/mol. The summed E-state index contributed by atoms with van der Waals surface area (Å²) in [5, 5.41) is 11.8. The Kier molecular flexibility index (Phi) is 6.06.